The molecule has 0 unspecified atom stereocenters. The van der Waals surface area contributed by atoms with Crippen LogP contribution < -0.4 is 10.2 Å². The first kappa shape index (κ1) is 19.5. The van der Waals surface area contributed by atoms with Gasteiger partial charge in [0, 0.05) is 30.2 Å². The molecule has 2 aromatic rings. The minimum atomic E-state index is -4.39. The number of alkyl halides is 3. The maximum absolute atomic E-state index is 12.7. The minimum Gasteiger partial charge on any atom is -0.355 e. The molecule has 8 heteroatoms. The van der Waals surface area contributed by atoms with Gasteiger partial charge in [0.1, 0.15) is 5.82 Å². The van der Waals surface area contributed by atoms with Crippen LogP contribution in [-0.2, 0) is 6.18 Å². The Kier molecular flexibility index (Phi) is 5.94. The lowest BCUT2D eigenvalue weighted by atomic mass is 10.0. The highest BCUT2D eigenvalue weighted by Gasteiger charge is 2.31. The molecule has 0 radical (unpaired) electrons. The van der Waals surface area contributed by atoms with E-state index in [-0.39, 0.29) is 11.9 Å². The molecule has 1 aliphatic heterocycles. The Morgan fingerprint density at radius 3 is 2.70 bits per heavy atom. The predicted molar refractivity (Wildman–Crippen MR) is 100 cm³/mol. The van der Waals surface area contributed by atoms with Gasteiger partial charge in [0.25, 0.3) is 5.91 Å². The monoisotopic (exact) mass is 395 g/mol. The van der Waals surface area contributed by atoms with E-state index in [9.17, 15) is 18.0 Å². The van der Waals surface area contributed by atoms with E-state index in [0.29, 0.717) is 24.5 Å². The summed E-state index contributed by atoms with van der Waals surface area (Å²) in [6.45, 7) is 1.22. The summed E-state index contributed by atoms with van der Waals surface area (Å²) in [5.41, 5.74) is -0.128. The van der Waals surface area contributed by atoms with Crippen molar-refractivity contribution in [2.75, 3.05) is 24.2 Å². The highest BCUT2D eigenvalue weighted by atomic mass is 32.2. The van der Waals surface area contributed by atoms with E-state index in [0.717, 1.165) is 30.0 Å². The molecule has 0 bridgehead atoms. The van der Waals surface area contributed by atoms with Crippen LogP contribution in [-0.4, -0.2) is 36.3 Å². The van der Waals surface area contributed by atoms with Gasteiger partial charge in [-0.3, -0.25) is 4.79 Å². The van der Waals surface area contributed by atoms with Crippen LogP contribution >= 0.6 is 11.8 Å². The molecule has 27 heavy (non-hydrogen) atoms. The normalized spacial score (nSPS) is 17.6. The van der Waals surface area contributed by atoms with E-state index in [1.54, 1.807) is 6.07 Å². The summed E-state index contributed by atoms with van der Waals surface area (Å²) in [4.78, 5) is 19.4. The number of halogens is 3. The predicted octanol–water partition coefficient (Wildman–Crippen LogP) is 4.22. The van der Waals surface area contributed by atoms with E-state index in [1.165, 1.54) is 17.8 Å². The number of hydrogen-bond acceptors (Lipinski definition) is 4. The summed E-state index contributed by atoms with van der Waals surface area (Å²) in [5, 5.41) is 3.04. The van der Waals surface area contributed by atoms with Crippen molar-refractivity contribution in [3.05, 3.63) is 53.7 Å². The Bertz CT molecular complexity index is 796. The van der Waals surface area contributed by atoms with Crippen LogP contribution in [0.5, 0.6) is 0 Å². The van der Waals surface area contributed by atoms with Crippen molar-refractivity contribution < 1.29 is 18.0 Å². The summed E-state index contributed by atoms with van der Waals surface area (Å²) < 4.78 is 38.1. The molecule has 144 valence electrons. The van der Waals surface area contributed by atoms with Crippen LogP contribution in [0, 0.1) is 0 Å². The standard InChI is InChI=1S/C19H20F3N3OS/c1-27-16-7-3-2-6-15(16)18(26)24-14-5-4-10-25(12-14)17-9-8-13(11-23-17)19(20,21)22/h2-3,6-9,11,14H,4-5,10,12H2,1H3,(H,24,26)/t14-/m1/s1. The molecular formula is C19H20F3N3OS. The molecular weight excluding hydrogens is 375 g/mol. The van der Waals surface area contributed by atoms with Gasteiger partial charge >= 0.3 is 6.18 Å². The second-order valence-corrected chi connectivity index (χ2v) is 7.21. The third-order valence-electron chi connectivity index (χ3n) is 4.51. The number of rotatable bonds is 4. The molecule has 2 heterocycles. The van der Waals surface area contributed by atoms with Gasteiger partial charge in [-0.05, 0) is 43.4 Å². The number of benzene rings is 1. The smallest absolute Gasteiger partial charge is 0.355 e. The van der Waals surface area contributed by atoms with Crippen molar-refractivity contribution in [1.29, 1.82) is 0 Å². The molecule has 4 nitrogen and oxygen atoms in total. The Labute approximate surface area is 160 Å². The minimum absolute atomic E-state index is 0.0785. The van der Waals surface area contributed by atoms with Crippen molar-refractivity contribution in [3.8, 4) is 0 Å². The Balaban J connectivity index is 1.66. The molecule has 0 saturated carbocycles. The number of nitrogens with zero attached hydrogens (tertiary/aromatic N) is 2. The van der Waals surface area contributed by atoms with Crippen molar-refractivity contribution in [2.24, 2.45) is 0 Å². The van der Waals surface area contributed by atoms with Crippen molar-refractivity contribution in [1.82, 2.24) is 10.3 Å². The van der Waals surface area contributed by atoms with Gasteiger partial charge < -0.3 is 10.2 Å². The number of amides is 1. The molecule has 1 atom stereocenters. The lowest BCUT2D eigenvalue weighted by molar-refractivity contribution is -0.137. The number of carbonyl (C=O) groups is 1. The molecule has 1 fully saturated rings. The van der Waals surface area contributed by atoms with Gasteiger partial charge in [0.05, 0.1) is 11.1 Å². The zero-order valence-electron chi connectivity index (χ0n) is 14.8. The maximum Gasteiger partial charge on any atom is 0.417 e. The van der Waals surface area contributed by atoms with Gasteiger partial charge in [0.15, 0.2) is 0 Å². The zero-order valence-corrected chi connectivity index (χ0v) is 15.6. The lowest BCUT2D eigenvalue weighted by Gasteiger charge is -2.34. The topological polar surface area (TPSA) is 45.2 Å². The highest BCUT2D eigenvalue weighted by Crippen LogP contribution is 2.30. The highest BCUT2D eigenvalue weighted by molar-refractivity contribution is 7.98. The summed E-state index contributed by atoms with van der Waals surface area (Å²) in [7, 11) is 0. The first-order valence-corrected chi connectivity index (χ1v) is 9.83. The summed E-state index contributed by atoms with van der Waals surface area (Å²) in [6.07, 6.45) is 0.0354. The number of hydrogen-bond donors (Lipinski definition) is 1. The van der Waals surface area contributed by atoms with E-state index < -0.39 is 11.7 Å². The average Bonchev–Trinajstić information content (AvgIpc) is 2.67. The second-order valence-electron chi connectivity index (χ2n) is 6.36. The first-order valence-electron chi connectivity index (χ1n) is 8.60. The first-order chi connectivity index (χ1) is 12.9. The number of thioether (sulfide) groups is 1. The Morgan fingerprint density at radius 2 is 2.04 bits per heavy atom. The molecule has 1 saturated heterocycles. The number of aromatic nitrogens is 1. The fraction of sp³-hybridized carbons (Fsp3) is 0.368. The van der Waals surface area contributed by atoms with Crippen LogP contribution in [0.4, 0.5) is 19.0 Å². The van der Waals surface area contributed by atoms with Gasteiger partial charge in [0.2, 0.25) is 0 Å². The largest absolute Gasteiger partial charge is 0.417 e. The fourth-order valence-electron chi connectivity index (χ4n) is 3.14. The molecule has 3 rings (SSSR count). The number of nitrogens with one attached hydrogen (secondary N) is 1. The lowest BCUT2D eigenvalue weighted by Crippen LogP contribution is -2.48. The Morgan fingerprint density at radius 1 is 1.26 bits per heavy atom. The summed E-state index contributed by atoms with van der Waals surface area (Å²) in [5.74, 6) is 0.360. The zero-order chi connectivity index (χ0) is 19.4. The second kappa shape index (κ2) is 8.21. The van der Waals surface area contributed by atoms with E-state index in [4.69, 9.17) is 0 Å². The molecule has 1 aromatic heterocycles. The van der Waals surface area contributed by atoms with Crippen molar-refractivity contribution in [3.63, 3.8) is 0 Å². The number of piperidine rings is 1. The number of pyridine rings is 1. The van der Waals surface area contributed by atoms with Gasteiger partial charge in [-0.25, -0.2) is 4.98 Å². The molecule has 0 spiro atoms. The number of anilines is 1. The third-order valence-corrected chi connectivity index (χ3v) is 5.30. The Hall–Kier alpha value is -2.22. The summed E-state index contributed by atoms with van der Waals surface area (Å²) in [6, 6.07) is 9.76. The quantitative estimate of drug-likeness (QED) is 0.788. The summed E-state index contributed by atoms with van der Waals surface area (Å²) >= 11 is 1.51. The van der Waals surface area contributed by atoms with Crippen LogP contribution in [0.1, 0.15) is 28.8 Å². The SMILES string of the molecule is CSc1ccccc1C(=O)N[C@@H]1CCCN(c2ccc(C(F)(F)F)cn2)C1. The van der Waals surface area contributed by atoms with Crippen LogP contribution in [0.2, 0.25) is 0 Å². The van der Waals surface area contributed by atoms with Crippen LogP contribution in [0.15, 0.2) is 47.5 Å². The average molecular weight is 395 g/mol. The molecule has 0 aliphatic carbocycles. The van der Waals surface area contributed by atoms with Crippen LogP contribution in [0.25, 0.3) is 0 Å². The van der Waals surface area contributed by atoms with E-state index in [1.807, 2.05) is 29.4 Å². The van der Waals surface area contributed by atoms with Gasteiger partial charge in [-0.2, -0.15) is 13.2 Å². The van der Waals surface area contributed by atoms with Crippen molar-refractivity contribution in [2.45, 2.75) is 30.0 Å². The van der Waals surface area contributed by atoms with Gasteiger partial charge in [-0.1, -0.05) is 12.1 Å². The maximum atomic E-state index is 12.7. The van der Waals surface area contributed by atoms with E-state index in [2.05, 4.69) is 10.3 Å². The van der Waals surface area contributed by atoms with Crippen LogP contribution in [0.3, 0.4) is 0 Å². The molecule has 1 amide bonds. The molecule has 1 N–H and O–H groups in total. The fourth-order valence-corrected chi connectivity index (χ4v) is 3.73. The molecule has 1 aliphatic rings. The van der Waals surface area contributed by atoms with E-state index >= 15 is 0 Å². The number of carbonyl (C=O) groups excluding carboxylic acids is 1. The van der Waals surface area contributed by atoms with Crippen molar-refractivity contribution >= 4 is 23.5 Å². The van der Waals surface area contributed by atoms with Gasteiger partial charge in [-0.15, -0.1) is 11.8 Å². The third kappa shape index (κ3) is 4.74. The molecule has 1 aromatic carbocycles.